The van der Waals surface area contributed by atoms with E-state index in [4.69, 9.17) is 4.74 Å². The van der Waals surface area contributed by atoms with Crippen molar-refractivity contribution in [1.29, 1.82) is 0 Å². The first-order valence-electron chi connectivity index (χ1n) is 8.09. The van der Waals surface area contributed by atoms with Crippen molar-refractivity contribution in [2.45, 2.75) is 13.0 Å². The molecule has 128 valence electrons. The first-order chi connectivity index (χ1) is 12.1. The summed E-state index contributed by atoms with van der Waals surface area (Å²) in [6.07, 6.45) is 1.34. The zero-order valence-electron chi connectivity index (χ0n) is 13.7. The molecule has 1 fully saturated rings. The fraction of sp³-hybridized carbons (Fsp3) is 0.278. The zero-order chi connectivity index (χ0) is 17.4. The molecule has 4 rings (SSSR count). The van der Waals surface area contributed by atoms with Crippen molar-refractivity contribution in [3.05, 3.63) is 59.6 Å². The molecule has 0 bridgehead atoms. The maximum absolute atomic E-state index is 13.3. The van der Waals surface area contributed by atoms with Gasteiger partial charge in [-0.05, 0) is 37.3 Å². The van der Waals surface area contributed by atoms with Gasteiger partial charge in [0, 0.05) is 29.3 Å². The van der Waals surface area contributed by atoms with Crippen LogP contribution in [0.25, 0.3) is 10.9 Å². The average Bonchev–Trinajstić information content (AvgIpc) is 3.04. The number of hydrogen-bond donors (Lipinski definition) is 1. The molecule has 1 aliphatic heterocycles. The molecule has 0 radical (unpaired) electrons. The van der Waals surface area contributed by atoms with Crippen LogP contribution in [0.15, 0.2) is 36.5 Å². The number of ether oxygens (including phenoxy) is 1. The quantitative estimate of drug-likeness (QED) is 0.778. The summed E-state index contributed by atoms with van der Waals surface area (Å²) in [7, 11) is 0. The molecule has 1 atom stereocenters. The number of carbonyl (C=O) groups is 1. The minimum atomic E-state index is -0.348. The second-order valence-corrected chi connectivity index (χ2v) is 6.08. The van der Waals surface area contributed by atoms with Crippen LogP contribution in [0.4, 0.5) is 4.39 Å². The Morgan fingerprint density at radius 2 is 2.24 bits per heavy atom. The number of rotatable bonds is 2. The van der Waals surface area contributed by atoms with Gasteiger partial charge in [-0.3, -0.25) is 4.79 Å². The van der Waals surface area contributed by atoms with Gasteiger partial charge in [0.15, 0.2) is 5.82 Å². The van der Waals surface area contributed by atoms with E-state index < -0.39 is 0 Å². The summed E-state index contributed by atoms with van der Waals surface area (Å²) in [4.78, 5) is 26.2. The Kier molecular flexibility index (Phi) is 3.93. The summed E-state index contributed by atoms with van der Waals surface area (Å²) in [6, 6.07) is 7.90. The maximum Gasteiger partial charge on any atom is 0.270 e. The second-order valence-electron chi connectivity index (χ2n) is 6.08. The molecule has 2 aromatic heterocycles. The van der Waals surface area contributed by atoms with E-state index in [1.165, 1.54) is 12.1 Å². The molecule has 7 heteroatoms. The Bertz CT molecular complexity index is 940. The van der Waals surface area contributed by atoms with Gasteiger partial charge < -0.3 is 14.6 Å². The number of halogens is 1. The number of aryl methyl sites for hydroxylation is 1. The molecule has 6 nitrogen and oxygen atoms in total. The lowest BCUT2D eigenvalue weighted by atomic mass is 10.2. The molecule has 0 aliphatic carbocycles. The monoisotopic (exact) mass is 340 g/mol. The molecule has 1 saturated heterocycles. The second kappa shape index (κ2) is 6.25. The normalized spacial score (nSPS) is 17.8. The fourth-order valence-corrected chi connectivity index (χ4v) is 3.00. The number of aromatic nitrogens is 3. The highest BCUT2D eigenvalue weighted by Crippen LogP contribution is 2.22. The molecule has 0 spiro atoms. The van der Waals surface area contributed by atoms with Gasteiger partial charge in [-0.1, -0.05) is 0 Å². The van der Waals surface area contributed by atoms with Gasteiger partial charge in [-0.25, -0.2) is 14.4 Å². The minimum absolute atomic E-state index is 0.141. The van der Waals surface area contributed by atoms with Crippen LogP contribution < -0.4 is 0 Å². The maximum atomic E-state index is 13.3. The molecule has 0 saturated carbocycles. The van der Waals surface area contributed by atoms with E-state index in [-0.39, 0.29) is 17.8 Å². The highest BCUT2D eigenvalue weighted by atomic mass is 19.1. The lowest BCUT2D eigenvalue weighted by Crippen LogP contribution is -2.42. The fourth-order valence-electron chi connectivity index (χ4n) is 3.00. The zero-order valence-corrected chi connectivity index (χ0v) is 13.7. The number of benzene rings is 1. The third-order valence-electron chi connectivity index (χ3n) is 4.27. The van der Waals surface area contributed by atoms with Gasteiger partial charge in [-0.2, -0.15) is 0 Å². The molecule has 3 heterocycles. The lowest BCUT2D eigenvalue weighted by molar-refractivity contribution is -0.0270. The third-order valence-corrected chi connectivity index (χ3v) is 4.27. The first-order valence-corrected chi connectivity index (χ1v) is 8.09. The van der Waals surface area contributed by atoms with Crippen molar-refractivity contribution in [1.82, 2.24) is 19.9 Å². The molecule has 0 unspecified atom stereocenters. The van der Waals surface area contributed by atoms with Crippen LogP contribution in [0.3, 0.4) is 0 Å². The van der Waals surface area contributed by atoms with E-state index in [1.807, 2.05) is 13.0 Å². The molecule has 1 aliphatic rings. The molecule has 1 amide bonds. The number of carbonyl (C=O) groups excluding carboxylic acids is 1. The SMILES string of the molecule is Cc1ccnc([C@H]2CN(C(=O)c3cc4cc(F)ccc4[nH]3)CCO2)n1. The number of H-pyrrole nitrogens is 1. The average molecular weight is 340 g/mol. The van der Waals surface area contributed by atoms with E-state index >= 15 is 0 Å². The van der Waals surface area contributed by atoms with Gasteiger partial charge in [0.1, 0.15) is 17.6 Å². The molecule has 25 heavy (non-hydrogen) atoms. The van der Waals surface area contributed by atoms with Crippen molar-refractivity contribution in [2.75, 3.05) is 19.7 Å². The Hall–Kier alpha value is -2.80. The van der Waals surface area contributed by atoms with Crippen LogP contribution in [-0.2, 0) is 4.74 Å². The number of hydrogen-bond acceptors (Lipinski definition) is 4. The van der Waals surface area contributed by atoms with E-state index in [1.54, 1.807) is 23.2 Å². The Balaban J connectivity index is 1.56. The van der Waals surface area contributed by atoms with E-state index in [0.717, 1.165) is 11.2 Å². The molecular weight excluding hydrogens is 323 g/mol. The number of nitrogens with zero attached hydrogens (tertiary/aromatic N) is 3. The summed E-state index contributed by atoms with van der Waals surface area (Å²) < 4.78 is 19.1. The number of amides is 1. The van der Waals surface area contributed by atoms with E-state index in [2.05, 4.69) is 15.0 Å². The molecule has 1 N–H and O–H groups in total. The minimum Gasteiger partial charge on any atom is -0.367 e. The summed E-state index contributed by atoms with van der Waals surface area (Å²) in [5, 5.41) is 0.676. The molecule has 1 aromatic carbocycles. The predicted octanol–water partition coefficient (Wildman–Crippen LogP) is 2.62. The van der Waals surface area contributed by atoms with E-state index in [9.17, 15) is 9.18 Å². The van der Waals surface area contributed by atoms with Crippen molar-refractivity contribution in [3.63, 3.8) is 0 Å². The van der Waals surface area contributed by atoms with Crippen LogP contribution in [0.1, 0.15) is 28.1 Å². The van der Waals surface area contributed by atoms with Crippen molar-refractivity contribution in [3.8, 4) is 0 Å². The Labute approximate surface area is 143 Å². The van der Waals surface area contributed by atoms with Crippen LogP contribution in [0.5, 0.6) is 0 Å². The van der Waals surface area contributed by atoms with Gasteiger partial charge in [-0.15, -0.1) is 0 Å². The highest BCUT2D eigenvalue weighted by Gasteiger charge is 2.28. The van der Waals surface area contributed by atoms with Crippen LogP contribution in [-0.4, -0.2) is 45.5 Å². The van der Waals surface area contributed by atoms with Crippen molar-refractivity contribution >= 4 is 16.8 Å². The largest absolute Gasteiger partial charge is 0.367 e. The summed E-state index contributed by atoms with van der Waals surface area (Å²) >= 11 is 0. The Morgan fingerprint density at radius 1 is 1.36 bits per heavy atom. The molecular formula is C18H17FN4O2. The van der Waals surface area contributed by atoms with Gasteiger partial charge in [0.2, 0.25) is 0 Å². The van der Waals surface area contributed by atoms with Crippen molar-refractivity contribution in [2.24, 2.45) is 0 Å². The van der Waals surface area contributed by atoms with Crippen LogP contribution in [0, 0.1) is 12.7 Å². The number of nitrogens with one attached hydrogen (secondary N) is 1. The van der Waals surface area contributed by atoms with Gasteiger partial charge in [0.25, 0.3) is 5.91 Å². The topological polar surface area (TPSA) is 71.1 Å². The Morgan fingerprint density at radius 3 is 3.08 bits per heavy atom. The summed E-state index contributed by atoms with van der Waals surface area (Å²) in [5.74, 6) is 0.113. The third kappa shape index (κ3) is 3.10. The van der Waals surface area contributed by atoms with E-state index in [0.29, 0.717) is 36.6 Å². The number of aromatic amines is 1. The van der Waals surface area contributed by atoms with Crippen LogP contribution in [0.2, 0.25) is 0 Å². The summed E-state index contributed by atoms with van der Waals surface area (Å²) in [5.41, 5.74) is 2.03. The number of morpholine rings is 1. The lowest BCUT2D eigenvalue weighted by Gasteiger charge is -2.32. The molecule has 3 aromatic rings. The highest BCUT2D eigenvalue weighted by molar-refractivity contribution is 5.98. The first kappa shape index (κ1) is 15.7. The van der Waals surface area contributed by atoms with Crippen LogP contribution >= 0.6 is 0 Å². The predicted molar refractivity (Wildman–Crippen MR) is 89.6 cm³/mol. The standard InChI is InChI=1S/C18H17FN4O2/c1-11-4-5-20-17(21-11)16-10-23(6-7-25-16)18(24)15-9-12-8-13(19)2-3-14(12)22-15/h2-5,8-9,16,22H,6-7,10H2,1H3/t16-/m1/s1. The summed E-state index contributed by atoms with van der Waals surface area (Å²) in [6.45, 7) is 3.18. The number of fused-ring (bicyclic) bond motifs is 1. The smallest absolute Gasteiger partial charge is 0.270 e. The van der Waals surface area contributed by atoms with Crippen molar-refractivity contribution < 1.29 is 13.9 Å². The van der Waals surface area contributed by atoms with Gasteiger partial charge >= 0.3 is 0 Å². The van der Waals surface area contributed by atoms with Gasteiger partial charge in [0.05, 0.1) is 13.2 Å².